The zero-order valence-electron chi connectivity index (χ0n) is 15.7. The van der Waals surface area contributed by atoms with Gasteiger partial charge in [0.2, 0.25) is 6.41 Å². The molecule has 0 saturated heterocycles. The maximum absolute atomic E-state index is 14.0. The summed E-state index contributed by atoms with van der Waals surface area (Å²) < 4.78 is 32.4. The van der Waals surface area contributed by atoms with Crippen LogP contribution in [-0.4, -0.2) is 25.7 Å². The average Bonchev–Trinajstić information content (AvgIpc) is 3.18. The van der Waals surface area contributed by atoms with Crippen molar-refractivity contribution in [1.82, 2.24) is 10.6 Å². The number of hydrogen-bond donors (Lipinski definition) is 2. The lowest BCUT2D eigenvalue weighted by Gasteiger charge is -2.24. The fourth-order valence-corrected chi connectivity index (χ4v) is 3.20. The summed E-state index contributed by atoms with van der Waals surface area (Å²) in [5.74, 6) is -1.37. The number of carbonyl (C=O) groups is 2. The molecule has 2 N–H and O–H groups in total. The number of carbonyl (C=O) groups excluding carboxylic acids is 2. The Morgan fingerprint density at radius 2 is 2.00 bits per heavy atom. The van der Waals surface area contributed by atoms with E-state index in [2.05, 4.69) is 15.4 Å². The van der Waals surface area contributed by atoms with Crippen LogP contribution >= 0.6 is 11.6 Å². The molecular weight excluding hydrogens is 378 g/mol. The monoisotopic (exact) mass is 404 g/mol. The summed E-state index contributed by atoms with van der Waals surface area (Å²) in [4.78, 5) is 21.1. The first-order chi connectivity index (χ1) is 13.0. The fourth-order valence-electron chi connectivity index (χ4n) is 3.04. The first-order valence-electron chi connectivity index (χ1n) is 9.19. The molecule has 2 rings (SSSR count). The third-order valence-electron chi connectivity index (χ3n) is 4.27. The van der Waals surface area contributed by atoms with Gasteiger partial charge in [-0.15, -0.1) is 0 Å². The van der Waals surface area contributed by atoms with Gasteiger partial charge in [0.05, 0.1) is 17.7 Å². The summed E-state index contributed by atoms with van der Waals surface area (Å²) in [5, 5.41) is 4.93. The maximum Gasteiger partial charge on any atom is 0.407 e. The molecule has 0 bridgehead atoms. The van der Waals surface area contributed by atoms with E-state index in [-0.39, 0.29) is 22.6 Å². The summed E-state index contributed by atoms with van der Waals surface area (Å²) in [7, 11) is 0. The Labute approximate surface area is 163 Å². The number of ether oxygens (including phenoxy) is 1. The predicted octanol–water partition coefficient (Wildman–Crippen LogP) is 4.74. The summed E-state index contributed by atoms with van der Waals surface area (Å²) in [6, 6.07) is 1.68. The molecule has 8 heteroatoms. The number of nitrogens with one attached hydrogen (secondary N) is 2. The van der Waals surface area contributed by atoms with E-state index in [1.54, 1.807) is 0 Å². The normalized spacial score (nSPS) is 14.7. The first kappa shape index (κ1) is 23.1. The summed E-state index contributed by atoms with van der Waals surface area (Å²) in [6.45, 7) is 4.95. The highest BCUT2D eigenvalue weighted by Crippen LogP contribution is 2.38. The van der Waals surface area contributed by atoms with E-state index in [4.69, 9.17) is 11.6 Å². The molecule has 1 aliphatic carbocycles. The quantitative estimate of drug-likeness (QED) is 0.509. The van der Waals surface area contributed by atoms with E-state index in [1.165, 1.54) is 6.07 Å². The minimum atomic E-state index is -0.775. The van der Waals surface area contributed by atoms with Crippen molar-refractivity contribution in [2.75, 3.05) is 13.2 Å². The van der Waals surface area contributed by atoms with Gasteiger partial charge in [-0.1, -0.05) is 31.4 Å². The van der Waals surface area contributed by atoms with Gasteiger partial charge in [-0.05, 0) is 44.2 Å². The molecule has 1 unspecified atom stereocenters. The van der Waals surface area contributed by atoms with Crippen LogP contribution in [0.2, 0.25) is 5.02 Å². The number of amides is 2. The van der Waals surface area contributed by atoms with Gasteiger partial charge in [-0.3, -0.25) is 4.79 Å². The van der Waals surface area contributed by atoms with Gasteiger partial charge in [-0.25, -0.2) is 13.6 Å². The number of hydrogen-bond acceptors (Lipinski definition) is 3. The summed E-state index contributed by atoms with van der Waals surface area (Å²) in [6.07, 6.45) is 4.80. The van der Waals surface area contributed by atoms with Crippen molar-refractivity contribution in [1.29, 1.82) is 0 Å². The molecule has 1 aliphatic rings. The highest BCUT2D eigenvalue weighted by Gasteiger charge is 2.31. The van der Waals surface area contributed by atoms with Crippen LogP contribution in [-0.2, 0) is 9.53 Å². The lowest BCUT2D eigenvalue weighted by atomic mass is 9.91. The molecule has 0 aliphatic heterocycles. The van der Waals surface area contributed by atoms with Gasteiger partial charge >= 0.3 is 6.09 Å². The Balaban J connectivity index is 0.000000345. The molecule has 2 amide bonds. The van der Waals surface area contributed by atoms with Crippen molar-refractivity contribution in [3.05, 3.63) is 34.4 Å². The van der Waals surface area contributed by atoms with Crippen LogP contribution in [0, 0.1) is 17.6 Å². The second-order valence-corrected chi connectivity index (χ2v) is 6.64. The second-order valence-electron chi connectivity index (χ2n) is 6.23. The van der Waals surface area contributed by atoms with Gasteiger partial charge in [0.25, 0.3) is 0 Å². The van der Waals surface area contributed by atoms with Crippen molar-refractivity contribution in [2.45, 2.75) is 52.0 Å². The molecule has 1 aromatic carbocycles. The van der Waals surface area contributed by atoms with Gasteiger partial charge < -0.3 is 15.4 Å². The van der Waals surface area contributed by atoms with E-state index < -0.39 is 17.7 Å². The number of alkyl carbamates (subject to hydrolysis) is 1. The standard InChI is InChI=1S/C13H14ClF2NO.C6H13NO2/c14-9-5-6-10(15)11(12(9)16)13(17-7-18)8-3-1-2-4-8;1-3-5-9-6(8)7-4-2/h5-8,13H,1-4H2,(H,17,18);3-5H2,1-2H3,(H,7,8). The Bertz CT molecular complexity index is 611. The van der Waals surface area contributed by atoms with E-state index in [9.17, 15) is 18.4 Å². The van der Waals surface area contributed by atoms with Crippen molar-refractivity contribution in [3.8, 4) is 0 Å². The van der Waals surface area contributed by atoms with Crippen molar-refractivity contribution in [2.24, 2.45) is 5.92 Å². The Hall–Kier alpha value is -1.89. The molecule has 1 aromatic rings. The van der Waals surface area contributed by atoms with Gasteiger partial charge in [0, 0.05) is 12.1 Å². The van der Waals surface area contributed by atoms with Crippen molar-refractivity contribution >= 4 is 24.1 Å². The molecule has 152 valence electrons. The van der Waals surface area contributed by atoms with Crippen LogP contribution in [0.3, 0.4) is 0 Å². The lowest BCUT2D eigenvalue weighted by molar-refractivity contribution is -0.110. The number of halogens is 3. The average molecular weight is 405 g/mol. The molecule has 1 saturated carbocycles. The molecule has 1 fully saturated rings. The Morgan fingerprint density at radius 3 is 2.56 bits per heavy atom. The highest BCUT2D eigenvalue weighted by atomic mass is 35.5. The van der Waals surface area contributed by atoms with E-state index in [0.717, 1.165) is 38.2 Å². The van der Waals surface area contributed by atoms with Gasteiger partial charge in [0.15, 0.2) is 0 Å². The minimum absolute atomic E-state index is 0.0673. The van der Waals surface area contributed by atoms with Crippen molar-refractivity contribution < 1.29 is 23.1 Å². The zero-order chi connectivity index (χ0) is 20.2. The molecule has 0 aromatic heterocycles. The molecular formula is C19H27ClF2N2O3. The molecule has 1 atom stereocenters. The van der Waals surface area contributed by atoms with Crippen LogP contribution in [0.1, 0.15) is 57.6 Å². The second kappa shape index (κ2) is 12.5. The van der Waals surface area contributed by atoms with Crippen LogP contribution in [0.15, 0.2) is 12.1 Å². The Morgan fingerprint density at radius 1 is 1.33 bits per heavy atom. The lowest BCUT2D eigenvalue weighted by Crippen LogP contribution is -2.28. The number of rotatable bonds is 7. The topological polar surface area (TPSA) is 67.4 Å². The van der Waals surface area contributed by atoms with Gasteiger partial charge in [-0.2, -0.15) is 0 Å². The maximum atomic E-state index is 14.0. The van der Waals surface area contributed by atoms with E-state index in [1.807, 2.05) is 13.8 Å². The minimum Gasteiger partial charge on any atom is -0.450 e. The zero-order valence-corrected chi connectivity index (χ0v) is 16.5. The SMILES string of the molecule is CCCOC(=O)NCC.O=CNC(c1c(F)ccc(Cl)c1F)C1CCCC1. The fraction of sp³-hybridized carbons (Fsp3) is 0.579. The molecule has 0 radical (unpaired) electrons. The van der Waals surface area contributed by atoms with Crippen LogP contribution in [0.4, 0.5) is 13.6 Å². The van der Waals surface area contributed by atoms with Crippen LogP contribution < -0.4 is 10.6 Å². The predicted molar refractivity (Wildman–Crippen MR) is 101 cm³/mol. The highest BCUT2D eigenvalue weighted by molar-refractivity contribution is 6.30. The number of benzene rings is 1. The third kappa shape index (κ3) is 7.33. The van der Waals surface area contributed by atoms with Crippen molar-refractivity contribution in [3.63, 3.8) is 0 Å². The molecule has 0 heterocycles. The van der Waals surface area contributed by atoms with E-state index >= 15 is 0 Å². The molecule has 27 heavy (non-hydrogen) atoms. The summed E-state index contributed by atoms with van der Waals surface area (Å²) in [5.41, 5.74) is -0.124. The largest absolute Gasteiger partial charge is 0.450 e. The van der Waals surface area contributed by atoms with Gasteiger partial charge in [0.1, 0.15) is 11.6 Å². The van der Waals surface area contributed by atoms with E-state index in [0.29, 0.717) is 19.6 Å². The smallest absolute Gasteiger partial charge is 0.407 e. The van der Waals surface area contributed by atoms with Crippen LogP contribution in [0.25, 0.3) is 0 Å². The first-order valence-corrected chi connectivity index (χ1v) is 9.57. The van der Waals surface area contributed by atoms with Crippen LogP contribution in [0.5, 0.6) is 0 Å². The molecule has 5 nitrogen and oxygen atoms in total. The summed E-state index contributed by atoms with van der Waals surface area (Å²) >= 11 is 5.68. The third-order valence-corrected chi connectivity index (χ3v) is 4.56. The Kier molecular flexibility index (Phi) is 10.7. The molecule has 0 spiro atoms.